The van der Waals surface area contributed by atoms with Crippen molar-refractivity contribution in [2.45, 2.75) is 40.2 Å². The van der Waals surface area contributed by atoms with Crippen LogP contribution in [0, 0.1) is 13.8 Å². The van der Waals surface area contributed by atoms with Crippen LogP contribution in [0.2, 0.25) is 0 Å². The van der Waals surface area contributed by atoms with Crippen LogP contribution in [0.4, 0.5) is 5.69 Å². The van der Waals surface area contributed by atoms with Gasteiger partial charge in [0.25, 0.3) is 0 Å². The van der Waals surface area contributed by atoms with Gasteiger partial charge in [0.15, 0.2) is 5.82 Å². The summed E-state index contributed by atoms with van der Waals surface area (Å²) in [5.74, 6) is 2.54. The number of nitrogens with zero attached hydrogens (tertiary/aromatic N) is 4. The lowest BCUT2D eigenvalue weighted by Crippen LogP contribution is -2.24. The number of hydrogen-bond donors (Lipinski definition) is 1. The lowest BCUT2D eigenvalue weighted by Gasteiger charge is -2.21. The first-order chi connectivity index (χ1) is 8.76. The van der Waals surface area contributed by atoms with E-state index in [9.17, 15) is 0 Å². The van der Waals surface area contributed by atoms with E-state index in [1.807, 2.05) is 34.6 Å². The molecule has 19 heavy (non-hydrogen) atoms. The summed E-state index contributed by atoms with van der Waals surface area (Å²) in [5, 5.41) is 4.29. The van der Waals surface area contributed by atoms with Gasteiger partial charge in [-0.2, -0.15) is 9.67 Å². The number of rotatable bonds is 2. The molecule has 2 N–H and O–H groups in total. The molecule has 0 atom stereocenters. The van der Waals surface area contributed by atoms with Crippen LogP contribution in [0.15, 0.2) is 12.1 Å². The van der Waals surface area contributed by atoms with Gasteiger partial charge < -0.3 is 10.5 Å². The Labute approximate surface area is 112 Å². The molecule has 0 aliphatic carbocycles. The second kappa shape index (κ2) is 4.53. The SMILES string of the molecule is Cc1nc(C)n(-c2ccc(N)c(OC(C)(C)C)n2)n1. The summed E-state index contributed by atoms with van der Waals surface area (Å²) >= 11 is 0. The van der Waals surface area contributed by atoms with Crippen molar-refractivity contribution in [3.8, 4) is 11.7 Å². The first kappa shape index (κ1) is 13.3. The zero-order valence-electron chi connectivity index (χ0n) is 11.9. The number of anilines is 1. The topological polar surface area (TPSA) is 78.9 Å². The third kappa shape index (κ3) is 3.01. The van der Waals surface area contributed by atoms with Crippen LogP contribution in [0.1, 0.15) is 32.4 Å². The van der Waals surface area contributed by atoms with E-state index in [-0.39, 0.29) is 5.60 Å². The molecule has 2 rings (SSSR count). The molecule has 0 aromatic carbocycles. The summed E-state index contributed by atoms with van der Waals surface area (Å²) < 4.78 is 7.41. The molecule has 6 heteroatoms. The molecule has 6 nitrogen and oxygen atoms in total. The number of aromatic nitrogens is 4. The Morgan fingerprint density at radius 1 is 1.16 bits per heavy atom. The number of aryl methyl sites for hydroxylation is 2. The minimum Gasteiger partial charge on any atom is -0.470 e. The first-order valence-electron chi connectivity index (χ1n) is 6.12. The van der Waals surface area contributed by atoms with E-state index >= 15 is 0 Å². The highest BCUT2D eigenvalue weighted by Gasteiger charge is 2.16. The highest BCUT2D eigenvalue weighted by atomic mass is 16.5. The van der Waals surface area contributed by atoms with Gasteiger partial charge in [-0.05, 0) is 46.8 Å². The second-order valence-corrected chi connectivity index (χ2v) is 5.40. The maximum atomic E-state index is 5.89. The highest BCUT2D eigenvalue weighted by Crippen LogP contribution is 2.24. The van der Waals surface area contributed by atoms with E-state index in [0.717, 1.165) is 5.82 Å². The van der Waals surface area contributed by atoms with E-state index in [4.69, 9.17) is 10.5 Å². The van der Waals surface area contributed by atoms with Crippen molar-refractivity contribution >= 4 is 5.69 Å². The third-order valence-corrected chi connectivity index (χ3v) is 2.37. The number of nitrogens with two attached hydrogens (primary N) is 1. The molecule has 0 radical (unpaired) electrons. The molecule has 0 saturated carbocycles. The largest absolute Gasteiger partial charge is 0.470 e. The fourth-order valence-electron chi connectivity index (χ4n) is 1.67. The van der Waals surface area contributed by atoms with Crippen LogP contribution in [0.25, 0.3) is 5.82 Å². The smallest absolute Gasteiger partial charge is 0.239 e. The van der Waals surface area contributed by atoms with Gasteiger partial charge in [0, 0.05) is 0 Å². The van der Waals surface area contributed by atoms with E-state index in [0.29, 0.717) is 23.2 Å². The molecule has 0 saturated heterocycles. The minimum absolute atomic E-state index is 0.354. The molecule has 2 aromatic rings. The standard InChI is InChI=1S/C13H19N5O/c1-8-15-9(2)18(17-8)11-7-6-10(14)12(16-11)19-13(3,4)5/h6-7H,14H2,1-5H3. The van der Waals surface area contributed by atoms with E-state index in [1.165, 1.54) is 0 Å². The molecular formula is C13H19N5O. The zero-order chi connectivity index (χ0) is 14.2. The molecule has 0 unspecified atom stereocenters. The van der Waals surface area contributed by atoms with Crippen LogP contribution < -0.4 is 10.5 Å². The van der Waals surface area contributed by atoms with Crippen LogP contribution in [-0.4, -0.2) is 25.3 Å². The van der Waals surface area contributed by atoms with Gasteiger partial charge in [-0.1, -0.05) is 0 Å². The molecule has 2 heterocycles. The van der Waals surface area contributed by atoms with Crippen molar-refractivity contribution in [2.24, 2.45) is 0 Å². The summed E-state index contributed by atoms with van der Waals surface area (Å²) in [7, 11) is 0. The average molecular weight is 261 g/mol. The lowest BCUT2D eigenvalue weighted by molar-refractivity contribution is 0.125. The van der Waals surface area contributed by atoms with Gasteiger partial charge in [-0.3, -0.25) is 0 Å². The van der Waals surface area contributed by atoms with Crippen molar-refractivity contribution in [2.75, 3.05) is 5.73 Å². The van der Waals surface area contributed by atoms with Gasteiger partial charge in [0.2, 0.25) is 5.88 Å². The Morgan fingerprint density at radius 3 is 2.37 bits per heavy atom. The van der Waals surface area contributed by atoms with Crippen LogP contribution in [-0.2, 0) is 0 Å². The predicted molar refractivity (Wildman–Crippen MR) is 73.4 cm³/mol. The molecule has 0 aliphatic rings. The van der Waals surface area contributed by atoms with Gasteiger partial charge >= 0.3 is 0 Å². The monoisotopic (exact) mass is 261 g/mol. The van der Waals surface area contributed by atoms with Crippen molar-refractivity contribution in [3.63, 3.8) is 0 Å². The van der Waals surface area contributed by atoms with Crippen molar-refractivity contribution in [3.05, 3.63) is 23.8 Å². The number of ether oxygens (including phenoxy) is 1. The number of nitrogen functional groups attached to an aromatic ring is 1. The fourth-order valence-corrected chi connectivity index (χ4v) is 1.67. The summed E-state index contributed by atoms with van der Waals surface area (Å²) in [6.07, 6.45) is 0. The van der Waals surface area contributed by atoms with Crippen LogP contribution >= 0.6 is 0 Å². The van der Waals surface area contributed by atoms with E-state index < -0.39 is 0 Å². The molecule has 102 valence electrons. The van der Waals surface area contributed by atoms with Gasteiger partial charge in [0.05, 0.1) is 5.69 Å². The molecular weight excluding hydrogens is 242 g/mol. The number of hydrogen-bond acceptors (Lipinski definition) is 5. The predicted octanol–water partition coefficient (Wildman–Crippen LogP) is 2.04. The van der Waals surface area contributed by atoms with E-state index in [1.54, 1.807) is 16.8 Å². The minimum atomic E-state index is -0.354. The summed E-state index contributed by atoms with van der Waals surface area (Å²) in [5.41, 5.74) is 6.04. The lowest BCUT2D eigenvalue weighted by atomic mass is 10.2. The quantitative estimate of drug-likeness (QED) is 0.895. The summed E-state index contributed by atoms with van der Waals surface area (Å²) in [6, 6.07) is 3.56. The summed E-state index contributed by atoms with van der Waals surface area (Å²) in [6.45, 7) is 9.57. The average Bonchev–Trinajstić information content (AvgIpc) is 2.59. The molecule has 0 bridgehead atoms. The molecule has 0 aliphatic heterocycles. The van der Waals surface area contributed by atoms with Crippen molar-refractivity contribution in [1.29, 1.82) is 0 Å². The van der Waals surface area contributed by atoms with Gasteiger partial charge in [-0.25, -0.2) is 4.98 Å². The maximum Gasteiger partial charge on any atom is 0.239 e. The highest BCUT2D eigenvalue weighted by molar-refractivity contribution is 5.50. The molecule has 0 fully saturated rings. The fraction of sp³-hybridized carbons (Fsp3) is 0.462. The Bertz CT molecular complexity index is 598. The Kier molecular flexibility index (Phi) is 3.18. The Balaban J connectivity index is 2.44. The molecule has 2 aromatic heterocycles. The Morgan fingerprint density at radius 2 is 1.84 bits per heavy atom. The number of pyridine rings is 1. The summed E-state index contributed by atoms with van der Waals surface area (Å²) in [4.78, 5) is 8.67. The second-order valence-electron chi connectivity index (χ2n) is 5.40. The van der Waals surface area contributed by atoms with Gasteiger partial charge in [-0.15, -0.1) is 5.10 Å². The zero-order valence-corrected chi connectivity index (χ0v) is 11.9. The molecule has 0 amide bonds. The van der Waals surface area contributed by atoms with E-state index in [2.05, 4.69) is 15.1 Å². The molecule has 0 spiro atoms. The van der Waals surface area contributed by atoms with Crippen molar-refractivity contribution < 1.29 is 4.74 Å². The van der Waals surface area contributed by atoms with Crippen molar-refractivity contribution in [1.82, 2.24) is 19.7 Å². The van der Waals surface area contributed by atoms with Gasteiger partial charge in [0.1, 0.15) is 17.2 Å². The third-order valence-electron chi connectivity index (χ3n) is 2.37. The Hall–Kier alpha value is -2.11. The first-order valence-corrected chi connectivity index (χ1v) is 6.12. The normalized spacial score (nSPS) is 11.6. The van der Waals surface area contributed by atoms with Crippen LogP contribution in [0.5, 0.6) is 5.88 Å². The van der Waals surface area contributed by atoms with Crippen LogP contribution in [0.3, 0.4) is 0 Å². The maximum absolute atomic E-state index is 5.89.